The average molecular weight is 327 g/mol. The third-order valence-electron chi connectivity index (χ3n) is 3.20. The van der Waals surface area contributed by atoms with E-state index in [-0.39, 0.29) is 18.4 Å². The molecule has 2 heterocycles. The molecule has 110 valence electrons. The molecule has 1 atom stereocenters. The molecule has 1 aliphatic heterocycles. The van der Waals surface area contributed by atoms with Crippen LogP contribution in [0.1, 0.15) is 23.1 Å². The van der Waals surface area contributed by atoms with Crippen LogP contribution < -0.4 is 10.1 Å². The highest BCUT2D eigenvalue weighted by molar-refractivity contribution is 6.43. The Balaban J connectivity index is 1.70. The lowest BCUT2D eigenvalue weighted by Gasteiger charge is -2.11. The van der Waals surface area contributed by atoms with Crippen LogP contribution >= 0.6 is 23.2 Å². The van der Waals surface area contributed by atoms with Crippen LogP contribution in [0.3, 0.4) is 0 Å². The molecule has 21 heavy (non-hydrogen) atoms. The molecule has 1 N–H and O–H groups in total. The van der Waals surface area contributed by atoms with E-state index in [2.05, 4.69) is 10.5 Å². The molecular weight excluding hydrogens is 315 g/mol. The molecule has 0 unspecified atom stereocenters. The maximum Gasteiger partial charge on any atom is 0.226 e. The average Bonchev–Trinajstić information content (AvgIpc) is 3.01. The van der Waals surface area contributed by atoms with E-state index in [1.165, 1.54) is 0 Å². The Morgan fingerprint density at radius 3 is 3.00 bits per heavy atom. The molecule has 0 saturated carbocycles. The zero-order chi connectivity index (χ0) is 15.0. The Morgan fingerprint density at radius 2 is 2.29 bits per heavy atom. The summed E-state index contributed by atoms with van der Waals surface area (Å²) in [6.07, 6.45) is 0.157. The van der Waals surface area contributed by atoms with Gasteiger partial charge in [0, 0.05) is 11.6 Å². The molecule has 0 saturated heterocycles. The summed E-state index contributed by atoms with van der Waals surface area (Å²) in [6.45, 7) is 2.11. The Labute approximate surface area is 131 Å². The number of aryl methyl sites for hydroxylation is 1. The lowest BCUT2D eigenvalue weighted by Crippen LogP contribution is -2.30. The van der Waals surface area contributed by atoms with Gasteiger partial charge in [0.25, 0.3) is 0 Å². The van der Waals surface area contributed by atoms with Crippen LogP contribution in [0.2, 0.25) is 10.0 Å². The second-order valence-electron chi connectivity index (χ2n) is 4.82. The predicted octanol–water partition coefficient (Wildman–Crippen LogP) is 3.08. The summed E-state index contributed by atoms with van der Waals surface area (Å²) in [5, 5.41) is 7.49. The summed E-state index contributed by atoms with van der Waals surface area (Å²) < 4.78 is 10.4. The number of halogens is 2. The van der Waals surface area contributed by atoms with Gasteiger partial charge in [0.15, 0.2) is 0 Å². The van der Waals surface area contributed by atoms with Crippen LogP contribution in [0.25, 0.3) is 0 Å². The van der Waals surface area contributed by atoms with Crippen LogP contribution in [0.4, 0.5) is 0 Å². The monoisotopic (exact) mass is 326 g/mol. The molecule has 0 bridgehead atoms. The van der Waals surface area contributed by atoms with Crippen LogP contribution in [0.5, 0.6) is 5.75 Å². The van der Waals surface area contributed by atoms with Crippen molar-refractivity contribution >= 4 is 29.1 Å². The van der Waals surface area contributed by atoms with Crippen molar-refractivity contribution in [1.82, 2.24) is 10.5 Å². The van der Waals surface area contributed by atoms with Crippen molar-refractivity contribution in [1.29, 1.82) is 0 Å². The number of rotatable bonds is 3. The topological polar surface area (TPSA) is 64.4 Å². The fourth-order valence-corrected chi connectivity index (χ4v) is 2.63. The summed E-state index contributed by atoms with van der Waals surface area (Å²) in [5.41, 5.74) is 1.42. The fraction of sp³-hybridized carbons (Fsp3) is 0.286. The van der Waals surface area contributed by atoms with E-state index in [1.807, 2.05) is 6.07 Å². The van der Waals surface area contributed by atoms with Crippen LogP contribution in [-0.2, 0) is 11.2 Å². The highest BCUT2D eigenvalue weighted by Gasteiger charge is 2.28. The minimum atomic E-state index is -0.240. The lowest BCUT2D eigenvalue weighted by molar-refractivity contribution is -0.121. The second-order valence-corrected chi connectivity index (χ2v) is 5.60. The standard InChI is InChI=1S/C14H12Cl2N2O3/c1-7-4-8(18-21-7)5-12(19)17-11-6-20-14-9(11)2-3-10(15)13(14)16/h2-4,11H,5-6H2,1H3,(H,17,19)/t11-/m0/s1. The Bertz CT molecular complexity index is 700. The van der Waals surface area contributed by atoms with Crippen molar-refractivity contribution in [2.75, 3.05) is 6.61 Å². The highest BCUT2D eigenvalue weighted by Crippen LogP contribution is 2.42. The van der Waals surface area contributed by atoms with E-state index in [0.29, 0.717) is 33.9 Å². The third kappa shape index (κ3) is 2.84. The first-order chi connectivity index (χ1) is 10.0. The molecule has 0 radical (unpaired) electrons. The third-order valence-corrected chi connectivity index (χ3v) is 3.99. The summed E-state index contributed by atoms with van der Waals surface area (Å²) in [4.78, 5) is 12.0. The Hall–Kier alpha value is -1.72. The van der Waals surface area contributed by atoms with Crippen molar-refractivity contribution in [3.8, 4) is 5.75 Å². The van der Waals surface area contributed by atoms with Gasteiger partial charge in [-0.1, -0.05) is 34.4 Å². The van der Waals surface area contributed by atoms with Gasteiger partial charge in [-0.15, -0.1) is 0 Å². The predicted molar refractivity (Wildman–Crippen MR) is 77.8 cm³/mol. The van der Waals surface area contributed by atoms with Gasteiger partial charge in [0.2, 0.25) is 5.91 Å². The van der Waals surface area contributed by atoms with Gasteiger partial charge in [0.1, 0.15) is 23.1 Å². The van der Waals surface area contributed by atoms with E-state index < -0.39 is 0 Å². The summed E-state index contributed by atoms with van der Waals surface area (Å²) >= 11 is 12.0. The molecule has 2 aromatic rings. The molecule has 1 aromatic carbocycles. The first-order valence-corrected chi connectivity index (χ1v) is 7.12. The number of nitrogens with zero attached hydrogens (tertiary/aromatic N) is 1. The molecule has 7 heteroatoms. The Morgan fingerprint density at radius 1 is 1.48 bits per heavy atom. The molecule has 1 aliphatic rings. The quantitative estimate of drug-likeness (QED) is 0.941. The van der Waals surface area contributed by atoms with Gasteiger partial charge in [0.05, 0.1) is 23.2 Å². The number of fused-ring (bicyclic) bond motifs is 1. The zero-order valence-corrected chi connectivity index (χ0v) is 12.7. The zero-order valence-electron chi connectivity index (χ0n) is 11.2. The molecule has 3 rings (SSSR count). The minimum Gasteiger partial charge on any atom is -0.489 e. The molecule has 5 nitrogen and oxygen atoms in total. The van der Waals surface area contributed by atoms with Crippen LogP contribution in [0, 0.1) is 6.92 Å². The van der Waals surface area contributed by atoms with E-state index in [0.717, 1.165) is 5.56 Å². The van der Waals surface area contributed by atoms with Gasteiger partial charge in [-0.3, -0.25) is 4.79 Å². The minimum absolute atomic E-state index is 0.157. The molecule has 0 spiro atoms. The van der Waals surface area contributed by atoms with E-state index in [4.69, 9.17) is 32.5 Å². The fourth-order valence-electron chi connectivity index (χ4n) is 2.26. The second kappa shape index (κ2) is 5.58. The number of nitrogens with one attached hydrogen (secondary N) is 1. The molecule has 0 aliphatic carbocycles. The van der Waals surface area contributed by atoms with Gasteiger partial charge < -0.3 is 14.6 Å². The number of carbonyl (C=O) groups excluding carboxylic acids is 1. The largest absolute Gasteiger partial charge is 0.489 e. The molecule has 0 fully saturated rings. The van der Waals surface area contributed by atoms with Crippen molar-refractivity contribution in [3.63, 3.8) is 0 Å². The van der Waals surface area contributed by atoms with Crippen molar-refractivity contribution < 1.29 is 14.1 Å². The van der Waals surface area contributed by atoms with Crippen LogP contribution in [0.15, 0.2) is 22.7 Å². The highest BCUT2D eigenvalue weighted by atomic mass is 35.5. The summed E-state index contributed by atoms with van der Waals surface area (Å²) in [6, 6.07) is 4.99. The normalized spacial score (nSPS) is 16.4. The summed E-state index contributed by atoms with van der Waals surface area (Å²) in [5.74, 6) is 1.05. The first kappa shape index (κ1) is 14.2. The molecular formula is C14H12Cl2N2O3. The lowest BCUT2D eigenvalue weighted by atomic mass is 10.1. The van der Waals surface area contributed by atoms with E-state index in [9.17, 15) is 4.79 Å². The number of carbonyl (C=O) groups is 1. The molecule has 1 amide bonds. The van der Waals surface area contributed by atoms with Gasteiger partial charge in [-0.2, -0.15) is 0 Å². The summed E-state index contributed by atoms with van der Waals surface area (Å²) in [7, 11) is 0. The van der Waals surface area contributed by atoms with Gasteiger partial charge in [-0.05, 0) is 13.0 Å². The van der Waals surface area contributed by atoms with Gasteiger partial charge >= 0.3 is 0 Å². The van der Waals surface area contributed by atoms with E-state index >= 15 is 0 Å². The number of hydrogen-bond donors (Lipinski definition) is 1. The Kier molecular flexibility index (Phi) is 3.78. The number of ether oxygens (including phenoxy) is 1. The van der Waals surface area contributed by atoms with Crippen molar-refractivity contribution in [3.05, 3.63) is 45.3 Å². The molecule has 1 aromatic heterocycles. The maximum absolute atomic E-state index is 12.0. The smallest absolute Gasteiger partial charge is 0.226 e. The van der Waals surface area contributed by atoms with Crippen molar-refractivity contribution in [2.45, 2.75) is 19.4 Å². The van der Waals surface area contributed by atoms with Crippen molar-refractivity contribution in [2.24, 2.45) is 0 Å². The number of aromatic nitrogens is 1. The van der Waals surface area contributed by atoms with Crippen LogP contribution in [-0.4, -0.2) is 17.7 Å². The van der Waals surface area contributed by atoms with E-state index in [1.54, 1.807) is 19.1 Å². The number of benzene rings is 1. The first-order valence-electron chi connectivity index (χ1n) is 6.37. The van der Waals surface area contributed by atoms with Gasteiger partial charge in [-0.25, -0.2) is 0 Å². The maximum atomic E-state index is 12.0. The SMILES string of the molecule is Cc1cc(CC(=O)N[C@H]2COc3c2ccc(Cl)c3Cl)no1. The number of amides is 1. The number of hydrogen-bond acceptors (Lipinski definition) is 4.